The molecule has 0 aromatic heterocycles. The number of rotatable bonds is 2. The quantitative estimate of drug-likeness (QED) is 0.842. The van der Waals surface area contributed by atoms with Gasteiger partial charge in [0.25, 0.3) is 0 Å². The van der Waals surface area contributed by atoms with Gasteiger partial charge in [0.15, 0.2) is 0 Å². The predicted octanol–water partition coefficient (Wildman–Crippen LogP) is 2.67. The minimum absolute atomic E-state index is 0.0210. The van der Waals surface area contributed by atoms with Crippen molar-refractivity contribution in [1.82, 2.24) is 5.32 Å². The Morgan fingerprint density at radius 3 is 2.44 bits per heavy atom. The Morgan fingerprint density at radius 1 is 1.28 bits per heavy atom. The zero-order valence-electron chi connectivity index (χ0n) is 11.4. The minimum Gasteiger partial charge on any atom is -0.325 e. The number of nitrogens with one attached hydrogen (secondary N) is 2. The Labute approximate surface area is 109 Å². The third-order valence-corrected chi connectivity index (χ3v) is 3.40. The second-order valence-electron chi connectivity index (χ2n) is 5.97. The van der Waals surface area contributed by atoms with E-state index >= 15 is 0 Å². The molecule has 0 spiro atoms. The molecule has 2 N–H and O–H groups in total. The fourth-order valence-electron chi connectivity index (χ4n) is 2.19. The van der Waals surface area contributed by atoms with Crippen LogP contribution in [-0.2, 0) is 10.2 Å². The Kier molecular flexibility index (Phi) is 3.71. The Hall–Kier alpha value is -1.35. The molecule has 1 aliphatic heterocycles. The van der Waals surface area contributed by atoms with Crippen molar-refractivity contribution < 1.29 is 4.79 Å². The molecule has 1 heterocycles. The Bertz CT molecular complexity index is 411. The molecule has 0 bridgehead atoms. The summed E-state index contributed by atoms with van der Waals surface area (Å²) in [4.78, 5) is 11.9. The molecule has 1 aliphatic rings. The summed E-state index contributed by atoms with van der Waals surface area (Å²) in [5.74, 6) is 0.0796. The van der Waals surface area contributed by atoms with Crippen LogP contribution in [0, 0.1) is 0 Å². The molecule has 1 aromatic rings. The normalized spacial score (nSPS) is 19.8. The van der Waals surface area contributed by atoms with Gasteiger partial charge in [-0.05, 0) is 42.5 Å². The summed E-state index contributed by atoms with van der Waals surface area (Å²) < 4.78 is 0. The van der Waals surface area contributed by atoms with Gasteiger partial charge in [-0.15, -0.1) is 0 Å². The smallest absolute Gasteiger partial charge is 0.241 e. The molecule has 1 fully saturated rings. The van der Waals surface area contributed by atoms with Gasteiger partial charge in [0.05, 0.1) is 6.04 Å². The molecule has 0 saturated carbocycles. The summed E-state index contributed by atoms with van der Waals surface area (Å²) >= 11 is 0. The molecular weight excluding hydrogens is 224 g/mol. The molecule has 1 amide bonds. The van der Waals surface area contributed by atoms with E-state index in [-0.39, 0.29) is 17.4 Å². The molecule has 1 saturated heterocycles. The van der Waals surface area contributed by atoms with Gasteiger partial charge < -0.3 is 10.6 Å². The minimum atomic E-state index is -0.0210. The van der Waals surface area contributed by atoms with Crippen LogP contribution < -0.4 is 10.6 Å². The van der Waals surface area contributed by atoms with Gasteiger partial charge in [0.2, 0.25) is 5.91 Å². The molecule has 1 unspecified atom stereocenters. The van der Waals surface area contributed by atoms with E-state index in [1.54, 1.807) is 0 Å². The maximum absolute atomic E-state index is 11.9. The highest BCUT2D eigenvalue weighted by molar-refractivity contribution is 5.95. The van der Waals surface area contributed by atoms with Crippen molar-refractivity contribution in [2.45, 2.75) is 45.1 Å². The largest absolute Gasteiger partial charge is 0.325 e. The highest BCUT2D eigenvalue weighted by Crippen LogP contribution is 2.23. The van der Waals surface area contributed by atoms with Crippen molar-refractivity contribution >= 4 is 11.6 Å². The van der Waals surface area contributed by atoms with Crippen LogP contribution in [0.5, 0.6) is 0 Å². The second-order valence-corrected chi connectivity index (χ2v) is 5.97. The van der Waals surface area contributed by atoms with E-state index in [9.17, 15) is 4.79 Å². The summed E-state index contributed by atoms with van der Waals surface area (Å²) in [5, 5.41) is 6.16. The second kappa shape index (κ2) is 5.11. The van der Waals surface area contributed by atoms with Gasteiger partial charge in [0, 0.05) is 5.69 Å². The molecule has 0 aliphatic carbocycles. The SMILES string of the molecule is CC(C)(C)c1ccc(NC(=O)C2CCCN2)cc1. The monoisotopic (exact) mass is 246 g/mol. The van der Waals surface area contributed by atoms with E-state index in [1.807, 2.05) is 12.1 Å². The van der Waals surface area contributed by atoms with Crippen LogP contribution in [0.25, 0.3) is 0 Å². The number of carbonyl (C=O) groups is 1. The van der Waals surface area contributed by atoms with Gasteiger partial charge >= 0.3 is 0 Å². The van der Waals surface area contributed by atoms with E-state index in [0.717, 1.165) is 25.1 Å². The highest BCUT2D eigenvalue weighted by atomic mass is 16.2. The molecule has 2 rings (SSSR count). The molecule has 1 aromatic carbocycles. The fraction of sp³-hybridized carbons (Fsp3) is 0.533. The lowest BCUT2D eigenvalue weighted by Crippen LogP contribution is -2.35. The molecule has 98 valence electrons. The molecular formula is C15H22N2O. The van der Waals surface area contributed by atoms with Crippen molar-refractivity contribution in [1.29, 1.82) is 0 Å². The summed E-state index contributed by atoms with van der Waals surface area (Å²) in [6, 6.07) is 8.10. The highest BCUT2D eigenvalue weighted by Gasteiger charge is 2.22. The van der Waals surface area contributed by atoms with Crippen molar-refractivity contribution in [3.05, 3.63) is 29.8 Å². The van der Waals surface area contributed by atoms with Crippen LogP contribution in [-0.4, -0.2) is 18.5 Å². The van der Waals surface area contributed by atoms with E-state index in [4.69, 9.17) is 0 Å². The maximum Gasteiger partial charge on any atom is 0.241 e. The summed E-state index contributed by atoms with van der Waals surface area (Å²) in [6.45, 7) is 7.50. The fourth-order valence-corrected chi connectivity index (χ4v) is 2.19. The van der Waals surface area contributed by atoms with Crippen molar-refractivity contribution in [2.24, 2.45) is 0 Å². The molecule has 3 nitrogen and oxygen atoms in total. The first-order valence-electron chi connectivity index (χ1n) is 6.61. The summed E-state index contributed by atoms with van der Waals surface area (Å²) in [7, 11) is 0. The molecule has 3 heteroatoms. The van der Waals surface area contributed by atoms with E-state index in [2.05, 4.69) is 43.5 Å². The maximum atomic E-state index is 11.9. The first-order chi connectivity index (χ1) is 8.47. The van der Waals surface area contributed by atoms with E-state index in [1.165, 1.54) is 5.56 Å². The van der Waals surface area contributed by atoms with Crippen molar-refractivity contribution in [3.63, 3.8) is 0 Å². The van der Waals surface area contributed by atoms with Crippen LogP contribution in [0.15, 0.2) is 24.3 Å². The lowest BCUT2D eigenvalue weighted by atomic mass is 9.87. The van der Waals surface area contributed by atoms with Crippen LogP contribution in [0.2, 0.25) is 0 Å². The van der Waals surface area contributed by atoms with Gasteiger partial charge in [-0.2, -0.15) is 0 Å². The third-order valence-electron chi connectivity index (χ3n) is 3.40. The first kappa shape index (κ1) is 13.1. The lowest BCUT2D eigenvalue weighted by Gasteiger charge is -2.19. The van der Waals surface area contributed by atoms with Gasteiger partial charge in [-0.3, -0.25) is 4.79 Å². The molecule has 0 radical (unpaired) electrons. The average molecular weight is 246 g/mol. The van der Waals surface area contributed by atoms with E-state index in [0.29, 0.717) is 0 Å². The zero-order chi connectivity index (χ0) is 13.2. The zero-order valence-corrected chi connectivity index (χ0v) is 11.4. The number of benzene rings is 1. The van der Waals surface area contributed by atoms with Crippen LogP contribution >= 0.6 is 0 Å². The predicted molar refractivity (Wildman–Crippen MR) is 74.8 cm³/mol. The van der Waals surface area contributed by atoms with Crippen LogP contribution in [0.1, 0.15) is 39.2 Å². The molecule has 18 heavy (non-hydrogen) atoms. The number of anilines is 1. The Balaban J connectivity index is 2.00. The summed E-state index contributed by atoms with van der Waals surface area (Å²) in [6.07, 6.45) is 2.02. The van der Waals surface area contributed by atoms with E-state index < -0.39 is 0 Å². The van der Waals surface area contributed by atoms with Gasteiger partial charge in [-0.1, -0.05) is 32.9 Å². The Morgan fingerprint density at radius 2 is 1.94 bits per heavy atom. The average Bonchev–Trinajstić information content (AvgIpc) is 2.82. The van der Waals surface area contributed by atoms with Gasteiger partial charge in [0.1, 0.15) is 0 Å². The van der Waals surface area contributed by atoms with Crippen LogP contribution in [0.3, 0.4) is 0 Å². The van der Waals surface area contributed by atoms with Crippen molar-refractivity contribution in [2.75, 3.05) is 11.9 Å². The number of amides is 1. The number of hydrogen-bond donors (Lipinski definition) is 2. The van der Waals surface area contributed by atoms with Crippen molar-refractivity contribution in [3.8, 4) is 0 Å². The number of carbonyl (C=O) groups excluding carboxylic acids is 1. The topological polar surface area (TPSA) is 41.1 Å². The lowest BCUT2D eigenvalue weighted by molar-refractivity contribution is -0.117. The third kappa shape index (κ3) is 3.10. The standard InChI is InChI=1S/C15H22N2O/c1-15(2,3)11-6-8-12(9-7-11)17-14(18)13-5-4-10-16-13/h6-9,13,16H,4-5,10H2,1-3H3,(H,17,18). The van der Waals surface area contributed by atoms with Crippen LogP contribution in [0.4, 0.5) is 5.69 Å². The number of hydrogen-bond acceptors (Lipinski definition) is 2. The first-order valence-corrected chi connectivity index (χ1v) is 6.61. The van der Waals surface area contributed by atoms with Gasteiger partial charge in [-0.25, -0.2) is 0 Å². The summed E-state index contributed by atoms with van der Waals surface area (Å²) in [5.41, 5.74) is 2.30. The molecule has 1 atom stereocenters.